The predicted molar refractivity (Wildman–Crippen MR) is 59.4 cm³/mol. The van der Waals surface area contributed by atoms with Gasteiger partial charge in [0.05, 0.1) is 19.3 Å². The van der Waals surface area contributed by atoms with Gasteiger partial charge in [-0.1, -0.05) is 0 Å². The smallest absolute Gasteiger partial charge is 0.475 e. The fraction of sp³-hybridized carbons (Fsp3) is 0.455. The van der Waals surface area contributed by atoms with Crippen LogP contribution in [0.3, 0.4) is 0 Å². The van der Waals surface area contributed by atoms with Gasteiger partial charge in [-0.25, -0.2) is 4.79 Å². The van der Waals surface area contributed by atoms with Gasteiger partial charge < -0.3 is 15.2 Å². The van der Waals surface area contributed by atoms with E-state index in [1.165, 1.54) is 5.56 Å². The largest absolute Gasteiger partial charge is 0.490 e. The summed E-state index contributed by atoms with van der Waals surface area (Å²) in [5.41, 5.74) is 1.27. The Morgan fingerprint density at radius 1 is 1.42 bits per heavy atom. The van der Waals surface area contributed by atoms with Gasteiger partial charge in [-0.15, -0.1) is 0 Å². The van der Waals surface area contributed by atoms with E-state index in [0.29, 0.717) is 6.04 Å². The molecule has 0 radical (unpaired) electrons. The Hall–Kier alpha value is -1.67. The maximum atomic E-state index is 10.6. The molecule has 1 saturated heterocycles. The molecule has 0 aliphatic carbocycles. The lowest BCUT2D eigenvalue weighted by Crippen LogP contribution is -2.45. The van der Waals surface area contributed by atoms with Gasteiger partial charge >= 0.3 is 12.1 Å². The zero-order valence-corrected chi connectivity index (χ0v) is 9.85. The van der Waals surface area contributed by atoms with E-state index in [1.54, 1.807) is 0 Å². The van der Waals surface area contributed by atoms with Gasteiger partial charge in [0.2, 0.25) is 0 Å². The van der Waals surface area contributed by atoms with Crippen LogP contribution in [0.4, 0.5) is 13.2 Å². The first-order valence-electron chi connectivity index (χ1n) is 5.39. The van der Waals surface area contributed by atoms with Crippen LogP contribution in [0.5, 0.6) is 0 Å². The lowest BCUT2D eigenvalue weighted by atomic mass is 10.2. The third-order valence-corrected chi connectivity index (χ3v) is 2.22. The Balaban J connectivity index is 0.000000224. The van der Waals surface area contributed by atoms with Crippen LogP contribution in [-0.2, 0) is 16.1 Å². The Morgan fingerprint density at radius 3 is 2.32 bits per heavy atom. The highest BCUT2D eigenvalue weighted by molar-refractivity contribution is 5.73. The number of nitrogens with zero attached hydrogens (tertiary/aromatic N) is 1. The summed E-state index contributed by atoms with van der Waals surface area (Å²) in [6, 6.07) is 4.59. The van der Waals surface area contributed by atoms with Crippen LogP contribution in [0.25, 0.3) is 0 Å². The molecule has 0 aromatic carbocycles. The summed E-state index contributed by atoms with van der Waals surface area (Å²) in [7, 11) is 0. The van der Waals surface area contributed by atoms with Crippen molar-refractivity contribution in [1.82, 2.24) is 10.3 Å². The van der Waals surface area contributed by atoms with Gasteiger partial charge in [-0.2, -0.15) is 13.2 Å². The number of nitrogens with one attached hydrogen (secondary N) is 1. The van der Waals surface area contributed by atoms with Gasteiger partial charge in [0.1, 0.15) is 0 Å². The van der Waals surface area contributed by atoms with Crippen LogP contribution in [0.2, 0.25) is 0 Å². The van der Waals surface area contributed by atoms with Crippen LogP contribution in [-0.4, -0.2) is 41.5 Å². The molecule has 1 aliphatic heterocycles. The molecule has 2 rings (SSSR count). The number of pyridine rings is 1. The van der Waals surface area contributed by atoms with E-state index in [-0.39, 0.29) is 0 Å². The molecule has 1 aliphatic rings. The number of aromatic nitrogens is 1. The molecule has 1 aromatic heterocycles. The lowest BCUT2D eigenvalue weighted by molar-refractivity contribution is -0.192. The third kappa shape index (κ3) is 6.16. The summed E-state index contributed by atoms with van der Waals surface area (Å²) in [5.74, 6) is -2.76. The first kappa shape index (κ1) is 15.4. The molecule has 2 heterocycles. The van der Waals surface area contributed by atoms with E-state index < -0.39 is 12.1 Å². The Morgan fingerprint density at radius 2 is 1.95 bits per heavy atom. The third-order valence-electron chi connectivity index (χ3n) is 2.22. The summed E-state index contributed by atoms with van der Waals surface area (Å²) >= 11 is 0. The predicted octanol–water partition coefficient (Wildman–Crippen LogP) is 1.20. The minimum absolute atomic E-state index is 0.554. The summed E-state index contributed by atoms with van der Waals surface area (Å²) in [6.45, 7) is 2.62. The molecule has 19 heavy (non-hydrogen) atoms. The standard InChI is InChI=1S/C9H12N2O.C2HF3O2/c1-3-10-4-2-8(1)5-11-9-6-12-7-9;3-2(4,5)1(6)7/h1-4,9,11H,5-7H2;(H,6,7). The second-order valence-electron chi connectivity index (χ2n) is 3.77. The van der Waals surface area contributed by atoms with E-state index >= 15 is 0 Å². The Bertz CT molecular complexity index is 394. The van der Waals surface area contributed by atoms with Gasteiger partial charge in [0.25, 0.3) is 0 Å². The van der Waals surface area contributed by atoms with Crippen molar-refractivity contribution in [2.45, 2.75) is 18.8 Å². The average molecular weight is 278 g/mol. The molecular formula is C11H13F3N2O3. The molecular weight excluding hydrogens is 265 g/mol. The molecule has 2 N–H and O–H groups in total. The highest BCUT2D eigenvalue weighted by Crippen LogP contribution is 2.13. The zero-order valence-electron chi connectivity index (χ0n) is 9.85. The molecule has 0 atom stereocenters. The molecule has 0 saturated carbocycles. The van der Waals surface area contributed by atoms with Crippen LogP contribution >= 0.6 is 0 Å². The fourth-order valence-corrected chi connectivity index (χ4v) is 1.12. The molecule has 5 nitrogen and oxygen atoms in total. The number of rotatable bonds is 3. The van der Waals surface area contributed by atoms with Crippen LogP contribution in [0.15, 0.2) is 24.5 Å². The summed E-state index contributed by atoms with van der Waals surface area (Å²) in [6.07, 6.45) is -1.46. The zero-order chi connectivity index (χ0) is 14.3. The van der Waals surface area contributed by atoms with Crippen molar-refractivity contribution in [3.63, 3.8) is 0 Å². The number of alkyl halides is 3. The van der Waals surface area contributed by atoms with E-state index in [9.17, 15) is 13.2 Å². The van der Waals surface area contributed by atoms with Crippen molar-refractivity contribution in [3.8, 4) is 0 Å². The van der Waals surface area contributed by atoms with Crippen molar-refractivity contribution in [3.05, 3.63) is 30.1 Å². The summed E-state index contributed by atoms with van der Waals surface area (Å²) in [4.78, 5) is 12.8. The molecule has 106 valence electrons. The van der Waals surface area contributed by atoms with E-state index in [4.69, 9.17) is 14.6 Å². The summed E-state index contributed by atoms with van der Waals surface area (Å²) < 4.78 is 36.8. The van der Waals surface area contributed by atoms with Crippen molar-refractivity contribution in [2.75, 3.05) is 13.2 Å². The number of carbonyl (C=O) groups is 1. The second-order valence-corrected chi connectivity index (χ2v) is 3.77. The molecule has 0 bridgehead atoms. The number of aliphatic carboxylic acids is 1. The Kier molecular flexibility index (Phi) is 5.71. The quantitative estimate of drug-likeness (QED) is 0.869. The monoisotopic (exact) mass is 278 g/mol. The van der Waals surface area contributed by atoms with Crippen molar-refractivity contribution in [2.24, 2.45) is 0 Å². The highest BCUT2D eigenvalue weighted by Gasteiger charge is 2.38. The SMILES string of the molecule is O=C(O)C(F)(F)F.c1cc(CNC2COC2)ccn1. The topological polar surface area (TPSA) is 71.5 Å². The molecule has 0 amide bonds. The number of hydrogen-bond donors (Lipinski definition) is 2. The number of carboxylic acid groups (broad SMARTS) is 1. The highest BCUT2D eigenvalue weighted by atomic mass is 19.4. The van der Waals surface area contributed by atoms with Crippen molar-refractivity contribution < 1.29 is 27.8 Å². The van der Waals surface area contributed by atoms with Crippen LogP contribution < -0.4 is 5.32 Å². The first-order valence-corrected chi connectivity index (χ1v) is 5.39. The maximum absolute atomic E-state index is 10.6. The van der Waals surface area contributed by atoms with E-state index in [2.05, 4.69) is 10.3 Å². The van der Waals surface area contributed by atoms with Crippen LogP contribution in [0, 0.1) is 0 Å². The number of carboxylic acids is 1. The van der Waals surface area contributed by atoms with E-state index in [0.717, 1.165) is 19.8 Å². The van der Waals surface area contributed by atoms with Gasteiger partial charge in [0, 0.05) is 18.9 Å². The number of hydrogen-bond acceptors (Lipinski definition) is 4. The van der Waals surface area contributed by atoms with Gasteiger partial charge in [-0.05, 0) is 17.7 Å². The van der Waals surface area contributed by atoms with Gasteiger partial charge in [-0.3, -0.25) is 4.98 Å². The summed E-state index contributed by atoms with van der Waals surface area (Å²) in [5, 5.41) is 10.5. The lowest BCUT2D eigenvalue weighted by Gasteiger charge is -2.26. The van der Waals surface area contributed by atoms with Crippen LogP contribution in [0.1, 0.15) is 5.56 Å². The van der Waals surface area contributed by atoms with E-state index in [1.807, 2.05) is 24.5 Å². The molecule has 0 spiro atoms. The average Bonchev–Trinajstić information content (AvgIpc) is 2.28. The maximum Gasteiger partial charge on any atom is 0.490 e. The minimum Gasteiger partial charge on any atom is -0.475 e. The van der Waals surface area contributed by atoms with Crippen molar-refractivity contribution in [1.29, 1.82) is 0 Å². The minimum atomic E-state index is -5.08. The first-order chi connectivity index (χ1) is 8.89. The number of halogens is 3. The molecule has 8 heteroatoms. The van der Waals surface area contributed by atoms with Gasteiger partial charge in [0.15, 0.2) is 0 Å². The second kappa shape index (κ2) is 7.05. The normalized spacial score (nSPS) is 15.1. The van der Waals surface area contributed by atoms with Crippen molar-refractivity contribution >= 4 is 5.97 Å². The fourth-order valence-electron chi connectivity index (χ4n) is 1.12. The molecule has 1 fully saturated rings. The number of ether oxygens (including phenoxy) is 1. The molecule has 0 unspecified atom stereocenters. The Labute approximate surface area is 107 Å². The molecule has 1 aromatic rings.